The largest absolute Gasteiger partial charge is 0.414 e. The van der Waals surface area contributed by atoms with Crippen LogP contribution in [0, 0.1) is 5.92 Å². The number of hydrogen-bond acceptors (Lipinski definition) is 2. The third kappa shape index (κ3) is 6.66. The first-order valence-corrected chi connectivity index (χ1v) is 9.29. The molecule has 0 rings (SSSR count). The summed E-state index contributed by atoms with van der Waals surface area (Å²) in [5, 5.41) is 0. The normalized spacial score (nSPS) is 12.5. The quantitative estimate of drug-likeness (QED) is 0.520. The molecule has 0 aliphatic rings. The second kappa shape index (κ2) is 6.98. The first kappa shape index (κ1) is 13.6. The molecule has 2 nitrogen and oxygen atoms in total. The van der Waals surface area contributed by atoms with Crippen LogP contribution in [0.1, 0.15) is 34.1 Å². The van der Waals surface area contributed by atoms with Crippen molar-refractivity contribution in [3.63, 3.8) is 0 Å². The fourth-order valence-electron chi connectivity index (χ4n) is 1.08. The molecule has 0 spiro atoms. The number of hydrogen-bond donors (Lipinski definition) is 0. The zero-order valence-electron chi connectivity index (χ0n) is 9.10. The van der Waals surface area contributed by atoms with E-state index in [1.807, 2.05) is 13.8 Å². The Labute approximate surface area is 90.8 Å². The molecular weight excluding hydrogens is 248 g/mol. The van der Waals surface area contributed by atoms with Crippen molar-refractivity contribution in [3.05, 3.63) is 0 Å². The highest BCUT2D eigenvalue weighted by atomic mass is 79.9. The maximum Gasteiger partial charge on any atom is 0.414 e. The Morgan fingerprint density at radius 2 is 1.62 bits per heavy atom. The molecule has 0 amide bonds. The average molecular weight is 269 g/mol. The van der Waals surface area contributed by atoms with Crippen LogP contribution in [-0.2, 0) is 8.85 Å². The van der Waals surface area contributed by atoms with Gasteiger partial charge in [-0.2, -0.15) is 0 Å². The summed E-state index contributed by atoms with van der Waals surface area (Å²) in [5.74, 6) is 0.713. The predicted molar refractivity (Wildman–Crippen MR) is 62.2 cm³/mol. The number of halogens is 1. The highest BCUT2D eigenvalue weighted by molar-refractivity contribution is 9.25. The van der Waals surface area contributed by atoms with Crippen LogP contribution in [0.2, 0.25) is 6.04 Å². The van der Waals surface area contributed by atoms with Gasteiger partial charge in [-0.15, -0.1) is 0 Å². The van der Waals surface area contributed by atoms with Crippen molar-refractivity contribution >= 4 is 22.5 Å². The minimum Gasteiger partial charge on any atom is -0.387 e. The maximum atomic E-state index is 5.65. The molecule has 0 aromatic rings. The maximum absolute atomic E-state index is 5.65. The zero-order valence-corrected chi connectivity index (χ0v) is 11.7. The van der Waals surface area contributed by atoms with Crippen LogP contribution in [0.25, 0.3) is 0 Å². The average Bonchev–Trinajstić information content (AvgIpc) is 2.02. The molecule has 0 bridgehead atoms. The Morgan fingerprint density at radius 3 is 1.92 bits per heavy atom. The van der Waals surface area contributed by atoms with Crippen molar-refractivity contribution in [2.24, 2.45) is 5.92 Å². The van der Waals surface area contributed by atoms with E-state index < -0.39 is 7.18 Å². The fraction of sp³-hybridized carbons (Fsp3) is 1.00. The van der Waals surface area contributed by atoms with Gasteiger partial charge < -0.3 is 8.85 Å². The lowest BCUT2D eigenvalue weighted by molar-refractivity contribution is 0.205. The third-order valence-electron chi connectivity index (χ3n) is 1.74. The minimum atomic E-state index is -2.00. The van der Waals surface area contributed by atoms with Crippen molar-refractivity contribution in [1.29, 1.82) is 0 Å². The first-order valence-electron chi connectivity index (χ1n) is 5.01. The molecular formula is C9H21BrO2Si. The summed E-state index contributed by atoms with van der Waals surface area (Å²) in [6, 6.07) is 1.03. The first-order chi connectivity index (χ1) is 6.04. The molecule has 0 saturated carbocycles. The van der Waals surface area contributed by atoms with Gasteiger partial charge in [-0.3, -0.25) is 0 Å². The molecule has 80 valence electrons. The van der Waals surface area contributed by atoms with Gasteiger partial charge in [0.1, 0.15) is 0 Å². The molecule has 0 heterocycles. The van der Waals surface area contributed by atoms with E-state index in [0.717, 1.165) is 25.7 Å². The molecule has 0 aliphatic heterocycles. The van der Waals surface area contributed by atoms with E-state index in [1.165, 1.54) is 0 Å². The summed E-state index contributed by atoms with van der Waals surface area (Å²) in [7, 11) is -2.00. The standard InChI is InChI=1S/C9H21BrO2Si/c1-5-11-13(10,12-6-2)8-7-9(3)4/h9H,5-8H2,1-4H3. The second-order valence-corrected chi connectivity index (χ2v) is 9.48. The SMILES string of the molecule is CCO[Si](Br)(CCC(C)C)OCC. The summed E-state index contributed by atoms with van der Waals surface area (Å²) in [6.07, 6.45) is 1.16. The summed E-state index contributed by atoms with van der Waals surface area (Å²) < 4.78 is 11.3. The lowest BCUT2D eigenvalue weighted by atomic mass is 10.2. The van der Waals surface area contributed by atoms with Crippen LogP contribution >= 0.6 is 15.3 Å². The van der Waals surface area contributed by atoms with Crippen LogP contribution < -0.4 is 0 Å². The van der Waals surface area contributed by atoms with Crippen LogP contribution in [0.4, 0.5) is 0 Å². The smallest absolute Gasteiger partial charge is 0.387 e. The Kier molecular flexibility index (Phi) is 7.31. The minimum absolute atomic E-state index is 0.713. The van der Waals surface area contributed by atoms with Gasteiger partial charge >= 0.3 is 7.18 Å². The molecule has 0 aromatic heterocycles. The highest BCUT2D eigenvalue weighted by Crippen LogP contribution is 2.25. The van der Waals surface area contributed by atoms with Gasteiger partial charge in [0.25, 0.3) is 0 Å². The van der Waals surface area contributed by atoms with E-state index in [9.17, 15) is 0 Å². The van der Waals surface area contributed by atoms with Crippen LogP contribution in [0.15, 0.2) is 0 Å². The predicted octanol–water partition coefficient (Wildman–Crippen LogP) is 3.44. The van der Waals surface area contributed by atoms with Gasteiger partial charge in [-0.1, -0.05) is 29.1 Å². The van der Waals surface area contributed by atoms with Crippen molar-refractivity contribution in [3.8, 4) is 0 Å². The molecule has 4 heteroatoms. The van der Waals surface area contributed by atoms with E-state index in [1.54, 1.807) is 0 Å². The number of rotatable bonds is 7. The van der Waals surface area contributed by atoms with Crippen molar-refractivity contribution in [2.45, 2.75) is 40.2 Å². The third-order valence-corrected chi connectivity index (χ3v) is 6.63. The lowest BCUT2D eigenvalue weighted by Gasteiger charge is -2.24. The molecule has 0 fully saturated rings. The summed E-state index contributed by atoms with van der Waals surface area (Å²) >= 11 is 3.63. The van der Waals surface area contributed by atoms with Gasteiger partial charge in [0.05, 0.1) is 0 Å². The molecule has 0 saturated heterocycles. The van der Waals surface area contributed by atoms with E-state index >= 15 is 0 Å². The highest BCUT2D eigenvalue weighted by Gasteiger charge is 2.33. The lowest BCUT2D eigenvalue weighted by Crippen LogP contribution is -2.35. The van der Waals surface area contributed by atoms with Crippen molar-refractivity contribution < 1.29 is 8.85 Å². The van der Waals surface area contributed by atoms with Crippen LogP contribution in [-0.4, -0.2) is 20.4 Å². The second-order valence-electron chi connectivity index (χ2n) is 3.46. The van der Waals surface area contributed by atoms with Gasteiger partial charge in [-0.25, -0.2) is 0 Å². The van der Waals surface area contributed by atoms with Gasteiger partial charge in [0.2, 0.25) is 0 Å². The Hall–Kier alpha value is 0.617. The molecule has 13 heavy (non-hydrogen) atoms. The summed E-state index contributed by atoms with van der Waals surface area (Å²) in [4.78, 5) is 0. The van der Waals surface area contributed by atoms with Crippen LogP contribution in [0.5, 0.6) is 0 Å². The van der Waals surface area contributed by atoms with Crippen molar-refractivity contribution in [2.75, 3.05) is 13.2 Å². The van der Waals surface area contributed by atoms with E-state index in [-0.39, 0.29) is 0 Å². The monoisotopic (exact) mass is 268 g/mol. The van der Waals surface area contributed by atoms with Crippen LogP contribution in [0.3, 0.4) is 0 Å². The topological polar surface area (TPSA) is 18.5 Å². The van der Waals surface area contributed by atoms with Gasteiger partial charge in [0.15, 0.2) is 0 Å². The van der Waals surface area contributed by atoms with E-state index in [4.69, 9.17) is 8.85 Å². The molecule has 0 unspecified atom stereocenters. The molecule has 0 radical (unpaired) electrons. The Balaban J connectivity index is 3.91. The molecule has 0 aromatic carbocycles. The van der Waals surface area contributed by atoms with Gasteiger partial charge in [-0.05, 0) is 26.2 Å². The van der Waals surface area contributed by atoms with E-state index in [0.29, 0.717) is 5.92 Å². The summed E-state index contributed by atoms with van der Waals surface area (Å²) in [6.45, 7) is 9.93. The van der Waals surface area contributed by atoms with E-state index in [2.05, 4.69) is 29.1 Å². The zero-order chi connectivity index (χ0) is 10.3. The molecule has 0 atom stereocenters. The summed E-state index contributed by atoms with van der Waals surface area (Å²) in [5.41, 5.74) is 0. The molecule has 0 aliphatic carbocycles. The molecule has 0 N–H and O–H groups in total. The van der Waals surface area contributed by atoms with Gasteiger partial charge in [0, 0.05) is 19.3 Å². The Morgan fingerprint density at radius 1 is 1.15 bits per heavy atom. The Bertz CT molecular complexity index is 125. The fourth-order valence-corrected chi connectivity index (χ4v) is 5.29. The van der Waals surface area contributed by atoms with Crippen molar-refractivity contribution in [1.82, 2.24) is 0 Å².